The zero-order chi connectivity index (χ0) is 17.2. The Morgan fingerprint density at radius 2 is 1.96 bits per heavy atom. The maximum absolute atomic E-state index is 10.1. The number of hydrogen-bond donors (Lipinski definition) is 1. The van der Waals surface area contributed by atoms with Gasteiger partial charge in [-0.2, -0.15) is 0 Å². The van der Waals surface area contributed by atoms with Gasteiger partial charge in [-0.15, -0.1) is 0 Å². The van der Waals surface area contributed by atoms with Crippen LogP contribution in [0.15, 0.2) is 48.5 Å². The molecule has 1 aliphatic rings. The summed E-state index contributed by atoms with van der Waals surface area (Å²) < 4.78 is 7.50. The van der Waals surface area contributed by atoms with Gasteiger partial charge >= 0.3 is 0 Å². The Kier molecular flexibility index (Phi) is 4.32. The predicted octanol–water partition coefficient (Wildman–Crippen LogP) is 3.05. The quantitative estimate of drug-likeness (QED) is 0.795. The summed E-state index contributed by atoms with van der Waals surface area (Å²) in [6, 6.07) is 16.4. The van der Waals surface area contributed by atoms with Crippen molar-refractivity contribution in [3.8, 4) is 5.75 Å². The number of methoxy groups -OCH3 is 1. The van der Waals surface area contributed by atoms with Crippen LogP contribution in [0.1, 0.15) is 18.4 Å². The van der Waals surface area contributed by atoms with Crippen molar-refractivity contribution in [2.75, 3.05) is 25.1 Å². The van der Waals surface area contributed by atoms with E-state index in [0.717, 1.165) is 48.7 Å². The second-order valence-corrected chi connectivity index (χ2v) is 6.58. The Morgan fingerprint density at radius 3 is 2.72 bits per heavy atom. The average Bonchev–Trinajstić information content (AvgIpc) is 3.01. The maximum atomic E-state index is 10.1. The Bertz CT molecular complexity index is 857. The molecule has 25 heavy (non-hydrogen) atoms. The first kappa shape index (κ1) is 16.0. The van der Waals surface area contributed by atoms with Crippen LogP contribution in [0, 0.1) is 0 Å². The van der Waals surface area contributed by atoms with E-state index >= 15 is 0 Å². The normalized spacial score (nSPS) is 17.8. The van der Waals surface area contributed by atoms with Crippen molar-refractivity contribution in [2.45, 2.75) is 25.5 Å². The van der Waals surface area contributed by atoms with Crippen LogP contribution in [0.2, 0.25) is 0 Å². The second kappa shape index (κ2) is 6.76. The zero-order valence-corrected chi connectivity index (χ0v) is 14.4. The van der Waals surface area contributed by atoms with Gasteiger partial charge in [0.2, 0.25) is 5.95 Å². The number of aliphatic hydroxyl groups is 1. The Balaban J connectivity index is 1.73. The Hall–Kier alpha value is -2.53. The third kappa shape index (κ3) is 3.20. The van der Waals surface area contributed by atoms with Crippen LogP contribution < -0.4 is 9.64 Å². The summed E-state index contributed by atoms with van der Waals surface area (Å²) >= 11 is 0. The fourth-order valence-electron chi connectivity index (χ4n) is 3.51. The molecule has 1 aromatic heterocycles. The molecule has 1 fully saturated rings. The van der Waals surface area contributed by atoms with E-state index < -0.39 is 0 Å². The van der Waals surface area contributed by atoms with Crippen LogP contribution in [0.3, 0.4) is 0 Å². The van der Waals surface area contributed by atoms with Crippen molar-refractivity contribution >= 4 is 17.0 Å². The summed E-state index contributed by atoms with van der Waals surface area (Å²) in [5, 5.41) is 10.1. The van der Waals surface area contributed by atoms with Crippen LogP contribution in [0.5, 0.6) is 5.75 Å². The average molecular weight is 337 g/mol. The Labute approximate surface area is 147 Å². The van der Waals surface area contributed by atoms with Crippen LogP contribution in [0.4, 0.5) is 5.95 Å². The highest BCUT2D eigenvalue weighted by Crippen LogP contribution is 2.26. The number of nitrogens with zero attached hydrogens (tertiary/aromatic N) is 3. The van der Waals surface area contributed by atoms with E-state index in [2.05, 4.69) is 27.7 Å². The first-order valence-corrected chi connectivity index (χ1v) is 8.76. The van der Waals surface area contributed by atoms with Gasteiger partial charge in [0.25, 0.3) is 0 Å². The van der Waals surface area contributed by atoms with Gasteiger partial charge in [0.1, 0.15) is 5.75 Å². The van der Waals surface area contributed by atoms with E-state index in [1.807, 2.05) is 30.3 Å². The lowest BCUT2D eigenvalue weighted by molar-refractivity contribution is 0.153. The van der Waals surface area contributed by atoms with Crippen molar-refractivity contribution in [1.82, 2.24) is 9.55 Å². The number of para-hydroxylation sites is 2. The van der Waals surface area contributed by atoms with E-state index in [1.54, 1.807) is 7.11 Å². The van der Waals surface area contributed by atoms with Gasteiger partial charge in [-0.05, 0) is 42.7 Å². The second-order valence-electron chi connectivity index (χ2n) is 6.58. The number of benzene rings is 2. The fraction of sp³-hybridized carbons (Fsp3) is 0.350. The molecule has 4 rings (SSSR count). The highest BCUT2D eigenvalue weighted by molar-refractivity contribution is 5.79. The smallest absolute Gasteiger partial charge is 0.206 e. The van der Waals surface area contributed by atoms with Crippen molar-refractivity contribution in [3.05, 3.63) is 54.1 Å². The molecule has 0 unspecified atom stereocenters. The van der Waals surface area contributed by atoms with Gasteiger partial charge in [0, 0.05) is 13.1 Å². The number of imidazole rings is 1. The van der Waals surface area contributed by atoms with E-state index in [4.69, 9.17) is 9.72 Å². The van der Waals surface area contributed by atoms with Crippen molar-refractivity contribution in [1.29, 1.82) is 0 Å². The molecular weight excluding hydrogens is 314 g/mol. The predicted molar refractivity (Wildman–Crippen MR) is 99.3 cm³/mol. The summed E-state index contributed by atoms with van der Waals surface area (Å²) in [6.45, 7) is 2.32. The summed E-state index contributed by atoms with van der Waals surface area (Å²) in [4.78, 5) is 7.06. The van der Waals surface area contributed by atoms with E-state index in [-0.39, 0.29) is 6.10 Å². The molecule has 1 aliphatic heterocycles. The number of hydrogen-bond acceptors (Lipinski definition) is 4. The monoisotopic (exact) mass is 337 g/mol. The lowest BCUT2D eigenvalue weighted by Gasteiger charge is -2.31. The molecule has 0 radical (unpaired) electrons. The molecule has 1 N–H and O–H groups in total. The number of ether oxygens (including phenoxy) is 1. The van der Waals surface area contributed by atoms with Crippen LogP contribution in [0.25, 0.3) is 11.0 Å². The number of rotatable bonds is 4. The molecule has 0 amide bonds. The fourth-order valence-corrected chi connectivity index (χ4v) is 3.51. The molecule has 2 heterocycles. The van der Waals surface area contributed by atoms with Crippen LogP contribution in [-0.4, -0.2) is 41.0 Å². The SMILES string of the molecule is COc1ccc(Cn2c(N3CCC[C@@H](O)C3)nc3ccccc32)cc1. The first-order valence-electron chi connectivity index (χ1n) is 8.76. The van der Waals surface area contributed by atoms with Gasteiger partial charge in [-0.1, -0.05) is 24.3 Å². The molecule has 1 saturated heterocycles. The van der Waals surface area contributed by atoms with Crippen molar-refractivity contribution in [2.24, 2.45) is 0 Å². The molecule has 130 valence electrons. The molecule has 1 atom stereocenters. The first-order chi connectivity index (χ1) is 12.2. The van der Waals surface area contributed by atoms with Gasteiger partial charge in [0.05, 0.1) is 30.8 Å². The minimum absolute atomic E-state index is 0.275. The van der Waals surface area contributed by atoms with Gasteiger partial charge in [-0.3, -0.25) is 0 Å². The summed E-state index contributed by atoms with van der Waals surface area (Å²) in [5.41, 5.74) is 3.31. The number of fused-ring (bicyclic) bond motifs is 1. The topological polar surface area (TPSA) is 50.5 Å². The molecule has 0 saturated carbocycles. The highest BCUT2D eigenvalue weighted by atomic mass is 16.5. The minimum Gasteiger partial charge on any atom is -0.497 e. The summed E-state index contributed by atoms with van der Waals surface area (Å²) in [6.07, 6.45) is 1.59. The molecule has 0 bridgehead atoms. The van der Waals surface area contributed by atoms with Crippen molar-refractivity contribution < 1.29 is 9.84 Å². The molecule has 0 spiro atoms. The van der Waals surface area contributed by atoms with E-state index in [1.165, 1.54) is 5.56 Å². The summed E-state index contributed by atoms with van der Waals surface area (Å²) in [7, 11) is 1.68. The molecule has 2 aromatic carbocycles. The number of aliphatic hydroxyl groups excluding tert-OH is 1. The largest absolute Gasteiger partial charge is 0.497 e. The molecule has 5 nitrogen and oxygen atoms in total. The number of piperidine rings is 1. The van der Waals surface area contributed by atoms with Gasteiger partial charge in [0.15, 0.2) is 0 Å². The van der Waals surface area contributed by atoms with Crippen LogP contribution >= 0.6 is 0 Å². The van der Waals surface area contributed by atoms with Crippen molar-refractivity contribution in [3.63, 3.8) is 0 Å². The third-order valence-corrected chi connectivity index (χ3v) is 4.81. The Morgan fingerprint density at radius 1 is 1.16 bits per heavy atom. The molecule has 5 heteroatoms. The number of β-amino-alcohol motifs (C(OH)–C–C–N with tert-alkyl or cyclic N) is 1. The van der Waals surface area contributed by atoms with E-state index in [9.17, 15) is 5.11 Å². The third-order valence-electron chi connectivity index (χ3n) is 4.81. The lowest BCUT2D eigenvalue weighted by atomic mass is 10.1. The van der Waals surface area contributed by atoms with Crippen LogP contribution in [-0.2, 0) is 6.54 Å². The lowest BCUT2D eigenvalue weighted by Crippen LogP contribution is -2.39. The van der Waals surface area contributed by atoms with Gasteiger partial charge < -0.3 is 19.3 Å². The number of aromatic nitrogens is 2. The minimum atomic E-state index is -0.275. The molecule has 0 aliphatic carbocycles. The van der Waals surface area contributed by atoms with E-state index in [0.29, 0.717) is 6.54 Å². The van der Waals surface area contributed by atoms with Gasteiger partial charge in [-0.25, -0.2) is 4.98 Å². The molecule has 3 aromatic rings. The number of anilines is 1. The highest BCUT2D eigenvalue weighted by Gasteiger charge is 2.23. The summed E-state index contributed by atoms with van der Waals surface area (Å²) in [5.74, 6) is 1.80. The standard InChI is InChI=1S/C20H23N3O2/c1-25-17-10-8-15(9-11-17)13-23-19-7-3-2-6-18(19)21-20(23)22-12-4-5-16(24)14-22/h2-3,6-11,16,24H,4-5,12-14H2,1H3/t16-/m1/s1. The molecular formula is C20H23N3O2. The maximum Gasteiger partial charge on any atom is 0.206 e. The zero-order valence-electron chi connectivity index (χ0n) is 14.4.